The first-order valence-corrected chi connectivity index (χ1v) is 9.74. The van der Waals surface area contributed by atoms with Gasteiger partial charge in [-0.2, -0.15) is 0 Å². The summed E-state index contributed by atoms with van der Waals surface area (Å²) < 4.78 is 0. The van der Waals surface area contributed by atoms with Crippen LogP contribution in [-0.4, -0.2) is 0 Å². The summed E-state index contributed by atoms with van der Waals surface area (Å²) >= 11 is 0. The van der Waals surface area contributed by atoms with Crippen LogP contribution in [0.2, 0.25) is 0 Å². The average molecular weight is 329 g/mol. The molecule has 128 valence electrons. The normalized spacial score (nSPS) is 11.9. The second kappa shape index (κ2) is 6.92. The van der Waals surface area contributed by atoms with Crippen molar-refractivity contribution in [1.29, 1.82) is 0 Å². The van der Waals surface area contributed by atoms with Gasteiger partial charge < -0.3 is 5.73 Å². The van der Waals surface area contributed by atoms with E-state index in [1.807, 2.05) is 0 Å². The topological polar surface area (TPSA) is 26.0 Å². The molecule has 2 N–H and O–H groups in total. The standard InChI is InChI=1S/C24H27N/c1-2-3-4-5-6-7-9-19-16-22(25)21-15-13-18-11-8-10-17-12-14-20(19)24(21)23(17)18/h8,10-16H,2-7,9,25H2,1H3. The Bertz CT molecular complexity index is 983. The molecule has 4 rings (SSSR count). The number of aryl methyl sites for hydroxylation is 1. The largest absolute Gasteiger partial charge is 0.398 e. The minimum Gasteiger partial charge on any atom is -0.398 e. The molecule has 0 atom stereocenters. The molecule has 4 aromatic rings. The first-order valence-electron chi connectivity index (χ1n) is 9.74. The van der Waals surface area contributed by atoms with E-state index in [0.29, 0.717) is 0 Å². The van der Waals surface area contributed by atoms with E-state index in [1.165, 1.54) is 76.4 Å². The molecule has 0 saturated carbocycles. The van der Waals surface area contributed by atoms with Gasteiger partial charge in [-0.25, -0.2) is 0 Å². The molecule has 0 aromatic heterocycles. The van der Waals surface area contributed by atoms with E-state index in [9.17, 15) is 0 Å². The number of rotatable bonds is 7. The highest BCUT2D eigenvalue weighted by Gasteiger charge is 2.12. The fourth-order valence-electron chi connectivity index (χ4n) is 4.24. The quantitative estimate of drug-likeness (QED) is 0.219. The van der Waals surface area contributed by atoms with Gasteiger partial charge >= 0.3 is 0 Å². The summed E-state index contributed by atoms with van der Waals surface area (Å²) in [4.78, 5) is 0. The molecule has 1 heteroatoms. The molecule has 0 aliphatic heterocycles. The molecule has 0 spiro atoms. The molecular formula is C24H27N. The first-order chi connectivity index (χ1) is 12.3. The Morgan fingerprint density at radius 1 is 0.720 bits per heavy atom. The Labute approximate surface area is 150 Å². The monoisotopic (exact) mass is 329 g/mol. The lowest BCUT2D eigenvalue weighted by molar-refractivity contribution is 0.608. The Kier molecular flexibility index (Phi) is 4.48. The molecule has 0 heterocycles. The van der Waals surface area contributed by atoms with Gasteiger partial charge in [0.25, 0.3) is 0 Å². The summed E-state index contributed by atoms with van der Waals surface area (Å²) in [5.41, 5.74) is 8.78. The summed E-state index contributed by atoms with van der Waals surface area (Å²) in [6.45, 7) is 2.27. The summed E-state index contributed by atoms with van der Waals surface area (Å²) in [6, 6.07) is 17.7. The fourth-order valence-corrected chi connectivity index (χ4v) is 4.24. The van der Waals surface area contributed by atoms with Crippen LogP contribution in [0.5, 0.6) is 0 Å². The number of hydrogen-bond donors (Lipinski definition) is 1. The second-order valence-electron chi connectivity index (χ2n) is 7.32. The van der Waals surface area contributed by atoms with Crippen molar-refractivity contribution < 1.29 is 0 Å². The second-order valence-corrected chi connectivity index (χ2v) is 7.32. The van der Waals surface area contributed by atoms with Gasteiger partial charge in [0.2, 0.25) is 0 Å². The molecular weight excluding hydrogens is 302 g/mol. The number of anilines is 1. The van der Waals surface area contributed by atoms with Crippen molar-refractivity contribution in [1.82, 2.24) is 0 Å². The number of nitrogens with two attached hydrogens (primary N) is 1. The Hall–Kier alpha value is -2.28. The smallest absolute Gasteiger partial charge is 0.0397 e. The van der Waals surface area contributed by atoms with E-state index in [0.717, 1.165) is 12.1 Å². The summed E-state index contributed by atoms with van der Waals surface area (Å²) in [5.74, 6) is 0. The number of hydrogen-bond acceptors (Lipinski definition) is 1. The van der Waals surface area contributed by atoms with Crippen molar-refractivity contribution in [2.45, 2.75) is 51.9 Å². The third-order valence-corrected chi connectivity index (χ3v) is 5.56. The van der Waals surface area contributed by atoms with Crippen molar-refractivity contribution in [3.05, 3.63) is 54.1 Å². The first kappa shape index (κ1) is 16.2. The van der Waals surface area contributed by atoms with Crippen LogP contribution in [0, 0.1) is 0 Å². The van der Waals surface area contributed by atoms with Crippen molar-refractivity contribution in [2.24, 2.45) is 0 Å². The van der Waals surface area contributed by atoms with Gasteiger partial charge in [-0.15, -0.1) is 0 Å². The van der Waals surface area contributed by atoms with E-state index in [-0.39, 0.29) is 0 Å². The minimum atomic E-state index is 0.923. The van der Waals surface area contributed by atoms with Crippen molar-refractivity contribution in [2.75, 3.05) is 5.73 Å². The molecule has 0 aliphatic rings. The van der Waals surface area contributed by atoms with Gasteiger partial charge in [-0.1, -0.05) is 81.5 Å². The minimum absolute atomic E-state index is 0.923. The van der Waals surface area contributed by atoms with Crippen LogP contribution < -0.4 is 5.73 Å². The van der Waals surface area contributed by atoms with Crippen LogP contribution in [0.3, 0.4) is 0 Å². The van der Waals surface area contributed by atoms with E-state index >= 15 is 0 Å². The van der Waals surface area contributed by atoms with Crippen LogP contribution >= 0.6 is 0 Å². The molecule has 1 nitrogen and oxygen atoms in total. The van der Waals surface area contributed by atoms with E-state index < -0.39 is 0 Å². The Morgan fingerprint density at radius 2 is 1.40 bits per heavy atom. The lowest BCUT2D eigenvalue weighted by atomic mass is 9.89. The molecule has 0 unspecified atom stereocenters. The van der Waals surface area contributed by atoms with Crippen molar-refractivity contribution >= 4 is 38.0 Å². The van der Waals surface area contributed by atoms with Gasteiger partial charge in [0.15, 0.2) is 0 Å². The van der Waals surface area contributed by atoms with Crippen molar-refractivity contribution in [3.8, 4) is 0 Å². The Morgan fingerprint density at radius 3 is 2.16 bits per heavy atom. The third-order valence-electron chi connectivity index (χ3n) is 5.56. The van der Waals surface area contributed by atoms with E-state index in [2.05, 4.69) is 55.5 Å². The van der Waals surface area contributed by atoms with Crippen LogP contribution in [-0.2, 0) is 6.42 Å². The van der Waals surface area contributed by atoms with E-state index in [4.69, 9.17) is 5.73 Å². The third kappa shape index (κ3) is 2.93. The highest BCUT2D eigenvalue weighted by Crippen LogP contribution is 2.39. The zero-order valence-electron chi connectivity index (χ0n) is 15.1. The van der Waals surface area contributed by atoms with Gasteiger partial charge in [-0.3, -0.25) is 0 Å². The van der Waals surface area contributed by atoms with Crippen LogP contribution in [0.25, 0.3) is 32.3 Å². The molecule has 4 aromatic carbocycles. The highest BCUT2D eigenvalue weighted by molar-refractivity contribution is 6.25. The molecule has 0 saturated heterocycles. The zero-order valence-corrected chi connectivity index (χ0v) is 15.1. The molecule has 0 aliphatic carbocycles. The molecule has 0 fully saturated rings. The molecule has 0 radical (unpaired) electrons. The number of unbranched alkanes of at least 4 members (excludes halogenated alkanes) is 5. The fraction of sp³-hybridized carbons (Fsp3) is 0.333. The molecule has 0 bridgehead atoms. The maximum Gasteiger partial charge on any atom is 0.0397 e. The highest BCUT2D eigenvalue weighted by atomic mass is 14.6. The maximum atomic E-state index is 6.44. The van der Waals surface area contributed by atoms with Crippen LogP contribution in [0.4, 0.5) is 5.69 Å². The average Bonchev–Trinajstić information content (AvgIpc) is 2.64. The number of nitrogen functional groups attached to an aromatic ring is 1. The van der Waals surface area contributed by atoms with E-state index in [1.54, 1.807) is 0 Å². The molecule has 0 amide bonds. The lowest BCUT2D eigenvalue weighted by Crippen LogP contribution is -1.96. The van der Waals surface area contributed by atoms with Gasteiger partial charge in [0, 0.05) is 11.1 Å². The predicted octanol–water partition coefficient (Wildman–Crippen LogP) is 7.07. The zero-order chi connectivity index (χ0) is 17.2. The summed E-state index contributed by atoms with van der Waals surface area (Å²) in [6.07, 6.45) is 9.11. The molecule has 25 heavy (non-hydrogen) atoms. The van der Waals surface area contributed by atoms with Gasteiger partial charge in [0.1, 0.15) is 0 Å². The SMILES string of the molecule is CCCCCCCCc1cc(N)c2ccc3cccc4ccc1c2c34. The Balaban J connectivity index is 1.72. The predicted molar refractivity (Wildman–Crippen MR) is 112 cm³/mol. The van der Waals surface area contributed by atoms with Gasteiger partial charge in [-0.05, 0) is 51.4 Å². The van der Waals surface area contributed by atoms with Crippen LogP contribution in [0.15, 0.2) is 48.5 Å². The summed E-state index contributed by atoms with van der Waals surface area (Å²) in [7, 11) is 0. The van der Waals surface area contributed by atoms with Crippen LogP contribution in [0.1, 0.15) is 51.0 Å². The summed E-state index contributed by atoms with van der Waals surface area (Å²) in [5, 5.41) is 7.94. The lowest BCUT2D eigenvalue weighted by Gasteiger charge is -2.15. The number of benzene rings is 4. The maximum absolute atomic E-state index is 6.44. The van der Waals surface area contributed by atoms with Crippen molar-refractivity contribution in [3.63, 3.8) is 0 Å². The van der Waals surface area contributed by atoms with Gasteiger partial charge in [0.05, 0.1) is 0 Å².